The van der Waals surface area contributed by atoms with E-state index < -0.39 is 18.2 Å². The molecule has 1 amide bonds. The Balaban J connectivity index is 0.000000325. The van der Waals surface area contributed by atoms with Crippen LogP contribution in [0.2, 0.25) is 0 Å². The number of primary amides is 1. The number of amides is 1. The number of aromatic nitrogens is 2. The van der Waals surface area contributed by atoms with Crippen LogP contribution in [-0.2, 0) is 11.8 Å². The highest BCUT2D eigenvalue weighted by Gasteiger charge is 2.38. The van der Waals surface area contributed by atoms with Crippen LogP contribution in [0.15, 0.2) is 12.4 Å². The van der Waals surface area contributed by atoms with Crippen molar-refractivity contribution in [3.8, 4) is 5.75 Å². The van der Waals surface area contributed by atoms with Gasteiger partial charge in [0.2, 0.25) is 0 Å². The number of nitrogens with zero attached hydrogens (tertiary/aromatic N) is 2. The van der Waals surface area contributed by atoms with Gasteiger partial charge in [-0.2, -0.15) is 18.3 Å². The van der Waals surface area contributed by atoms with E-state index in [1.165, 1.54) is 10.9 Å². The van der Waals surface area contributed by atoms with E-state index in [-0.39, 0.29) is 0 Å². The minimum absolute atomic E-state index is 0.356. The molecule has 0 aromatic carbocycles. The first kappa shape index (κ1) is 14.7. The Morgan fingerprint density at radius 3 is 2.24 bits per heavy atom. The van der Waals surface area contributed by atoms with Gasteiger partial charge in [-0.25, -0.2) is 9.59 Å². The normalized spacial score (nSPS) is 10.1. The molecule has 0 spiro atoms. The molecule has 7 nitrogen and oxygen atoms in total. The van der Waals surface area contributed by atoms with E-state index in [4.69, 9.17) is 15.6 Å². The molecular formula is C7H8F3N3O4. The highest BCUT2D eigenvalue weighted by atomic mass is 19.4. The number of halogens is 3. The summed E-state index contributed by atoms with van der Waals surface area (Å²) in [5, 5.41) is 10.9. The molecule has 0 unspecified atom stereocenters. The third-order valence-electron chi connectivity index (χ3n) is 1.14. The smallest absolute Gasteiger partial charge is 0.475 e. The molecule has 17 heavy (non-hydrogen) atoms. The van der Waals surface area contributed by atoms with Crippen LogP contribution in [0.3, 0.4) is 0 Å². The molecule has 1 rings (SSSR count). The van der Waals surface area contributed by atoms with Crippen LogP contribution < -0.4 is 10.5 Å². The van der Waals surface area contributed by atoms with Crippen LogP contribution >= 0.6 is 0 Å². The summed E-state index contributed by atoms with van der Waals surface area (Å²) in [5.74, 6) is -2.40. The van der Waals surface area contributed by atoms with Crippen LogP contribution in [0.25, 0.3) is 0 Å². The lowest BCUT2D eigenvalue weighted by atomic mass is 10.7. The number of nitrogens with two attached hydrogens (primary N) is 1. The van der Waals surface area contributed by atoms with E-state index in [0.717, 1.165) is 0 Å². The first-order valence-corrected chi connectivity index (χ1v) is 3.89. The van der Waals surface area contributed by atoms with E-state index in [0.29, 0.717) is 5.75 Å². The number of aryl methyl sites for hydroxylation is 1. The Morgan fingerprint density at radius 2 is 2.00 bits per heavy atom. The van der Waals surface area contributed by atoms with Gasteiger partial charge in [0.1, 0.15) is 0 Å². The molecule has 10 heteroatoms. The topological polar surface area (TPSA) is 107 Å². The fourth-order valence-electron chi connectivity index (χ4n) is 0.568. The van der Waals surface area contributed by atoms with Gasteiger partial charge in [-0.05, 0) is 0 Å². The van der Waals surface area contributed by atoms with Crippen molar-refractivity contribution in [2.24, 2.45) is 12.8 Å². The van der Waals surface area contributed by atoms with Gasteiger partial charge < -0.3 is 15.6 Å². The van der Waals surface area contributed by atoms with Crippen molar-refractivity contribution in [1.82, 2.24) is 9.78 Å². The fraction of sp³-hybridized carbons (Fsp3) is 0.286. The van der Waals surface area contributed by atoms with Gasteiger partial charge in [0.15, 0.2) is 5.75 Å². The van der Waals surface area contributed by atoms with Gasteiger partial charge in [-0.1, -0.05) is 0 Å². The third kappa shape index (κ3) is 6.76. The van der Waals surface area contributed by atoms with E-state index in [1.807, 2.05) is 0 Å². The maximum absolute atomic E-state index is 10.6. The van der Waals surface area contributed by atoms with Gasteiger partial charge >= 0.3 is 18.2 Å². The molecule has 0 aliphatic carbocycles. The summed E-state index contributed by atoms with van der Waals surface area (Å²) in [5.41, 5.74) is 4.74. The lowest BCUT2D eigenvalue weighted by molar-refractivity contribution is -0.192. The van der Waals surface area contributed by atoms with Crippen molar-refractivity contribution >= 4 is 12.1 Å². The molecule has 1 aromatic heterocycles. The second kappa shape index (κ2) is 5.72. The highest BCUT2D eigenvalue weighted by molar-refractivity contribution is 5.73. The monoisotopic (exact) mass is 255 g/mol. The largest absolute Gasteiger partial charge is 0.490 e. The predicted molar refractivity (Wildman–Crippen MR) is 47.1 cm³/mol. The number of carboxylic acids is 1. The Morgan fingerprint density at radius 1 is 1.53 bits per heavy atom. The predicted octanol–water partition coefficient (Wildman–Crippen LogP) is 0.511. The lowest BCUT2D eigenvalue weighted by Gasteiger charge is -1.93. The zero-order valence-electron chi connectivity index (χ0n) is 8.43. The molecule has 0 aliphatic rings. The summed E-state index contributed by atoms with van der Waals surface area (Å²) >= 11 is 0. The first-order valence-electron chi connectivity index (χ1n) is 3.89. The van der Waals surface area contributed by atoms with E-state index >= 15 is 0 Å². The number of ether oxygens (including phenoxy) is 1. The van der Waals surface area contributed by atoms with Crippen molar-refractivity contribution in [1.29, 1.82) is 0 Å². The van der Waals surface area contributed by atoms with Gasteiger partial charge in [0, 0.05) is 7.05 Å². The van der Waals surface area contributed by atoms with Crippen molar-refractivity contribution in [2.45, 2.75) is 6.18 Å². The number of carboxylic acid groups (broad SMARTS) is 1. The summed E-state index contributed by atoms with van der Waals surface area (Å²) in [7, 11) is 1.72. The molecule has 0 fully saturated rings. The summed E-state index contributed by atoms with van der Waals surface area (Å²) < 4.78 is 37.7. The molecule has 0 aliphatic heterocycles. The SMILES string of the molecule is Cn1cc(OC(N)=O)cn1.O=C(O)C(F)(F)F. The highest BCUT2D eigenvalue weighted by Crippen LogP contribution is 2.13. The Hall–Kier alpha value is -2.26. The number of rotatable bonds is 1. The fourth-order valence-corrected chi connectivity index (χ4v) is 0.568. The second-order valence-corrected chi connectivity index (χ2v) is 2.57. The van der Waals surface area contributed by atoms with Gasteiger partial charge in [0.05, 0.1) is 12.4 Å². The maximum atomic E-state index is 10.6. The number of alkyl halides is 3. The van der Waals surface area contributed by atoms with Crippen LogP contribution in [0.4, 0.5) is 18.0 Å². The summed E-state index contributed by atoms with van der Waals surface area (Å²) in [6.45, 7) is 0. The lowest BCUT2D eigenvalue weighted by Crippen LogP contribution is -2.21. The number of hydrogen-bond acceptors (Lipinski definition) is 4. The molecule has 0 radical (unpaired) electrons. The minimum atomic E-state index is -5.08. The third-order valence-corrected chi connectivity index (χ3v) is 1.14. The minimum Gasteiger partial charge on any atom is -0.475 e. The number of carbonyl (C=O) groups excluding carboxylic acids is 1. The molecule has 0 atom stereocenters. The molecule has 0 saturated carbocycles. The van der Waals surface area contributed by atoms with Crippen LogP contribution in [0, 0.1) is 0 Å². The zero-order chi connectivity index (χ0) is 13.6. The van der Waals surface area contributed by atoms with Crippen LogP contribution in [0.1, 0.15) is 0 Å². The quantitative estimate of drug-likeness (QED) is 0.760. The Bertz CT molecular complexity index is 401. The molecular weight excluding hydrogens is 247 g/mol. The van der Waals surface area contributed by atoms with Crippen LogP contribution in [-0.4, -0.2) is 33.1 Å². The zero-order valence-corrected chi connectivity index (χ0v) is 8.43. The second-order valence-electron chi connectivity index (χ2n) is 2.57. The number of hydrogen-bond donors (Lipinski definition) is 2. The van der Waals surface area contributed by atoms with Gasteiger partial charge in [-0.3, -0.25) is 4.68 Å². The number of carbonyl (C=O) groups is 2. The van der Waals surface area contributed by atoms with E-state index in [2.05, 4.69) is 9.84 Å². The molecule has 3 N–H and O–H groups in total. The standard InChI is InChI=1S/C5H7N3O2.C2HF3O2/c1-8-3-4(2-7-8)10-5(6)9;3-2(4,5)1(6)7/h2-3H,1H3,(H2,6,9);(H,6,7). The van der Waals surface area contributed by atoms with E-state index in [1.54, 1.807) is 13.2 Å². The molecule has 1 aromatic rings. The summed E-state index contributed by atoms with van der Waals surface area (Å²) in [4.78, 5) is 19.0. The first-order chi connectivity index (χ1) is 7.62. The Labute approximate surface area is 92.6 Å². The summed E-state index contributed by atoms with van der Waals surface area (Å²) in [6.07, 6.45) is -2.96. The maximum Gasteiger partial charge on any atom is 0.490 e. The molecule has 1 heterocycles. The number of aliphatic carboxylic acids is 1. The molecule has 96 valence electrons. The molecule has 0 bridgehead atoms. The van der Waals surface area contributed by atoms with Crippen molar-refractivity contribution in [3.63, 3.8) is 0 Å². The van der Waals surface area contributed by atoms with Gasteiger partial charge in [-0.15, -0.1) is 0 Å². The summed E-state index contributed by atoms with van der Waals surface area (Å²) in [6, 6.07) is 0. The van der Waals surface area contributed by atoms with E-state index in [9.17, 15) is 18.0 Å². The van der Waals surface area contributed by atoms with Crippen molar-refractivity contribution < 1.29 is 32.6 Å². The Kier molecular flexibility index (Phi) is 4.96. The van der Waals surface area contributed by atoms with Crippen molar-refractivity contribution in [3.05, 3.63) is 12.4 Å². The average molecular weight is 255 g/mol. The van der Waals surface area contributed by atoms with Crippen LogP contribution in [0.5, 0.6) is 5.75 Å². The molecule has 0 saturated heterocycles. The van der Waals surface area contributed by atoms with Gasteiger partial charge in [0.25, 0.3) is 0 Å². The average Bonchev–Trinajstić information content (AvgIpc) is 2.49. The van der Waals surface area contributed by atoms with Crippen molar-refractivity contribution in [2.75, 3.05) is 0 Å².